The van der Waals surface area contributed by atoms with Crippen LogP contribution in [0, 0.1) is 0 Å². The first kappa shape index (κ1) is 12.8. The third-order valence-electron chi connectivity index (χ3n) is 2.18. The van der Waals surface area contributed by atoms with Crippen molar-refractivity contribution in [2.75, 3.05) is 7.11 Å². The number of nitrogens with zero attached hydrogens (tertiary/aromatic N) is 1. The summed E-state index contributed by atoms with van der Waals surface area (Å²) < 4.78 is 32.5. The van der Waals surface area contributed by atoms with Gasteiger partial charge in [0, 0.05) is 6.21 Å². The van der Waals surface area contributed by atoms with Gasteiger partial charge in [0.2, 0.25) is 0 Å². The van der Waals surface area contributed by atoms with Crippen LogP contribution >= 0.6 is 11.3 Å². The highest BCUT2D eigenvalue weighted by Crippen LogP contribution is 2.18. The lowest BCUT2D eigenvalue weighted by Gasteiger charge is -1.99. The second kappa shape index (κ2) is 5.32. The minimum absolute atomic E-state index is 0.238. The zero-order valence-electron chi connectivity index (χ0n) is 9.61. The molecule has 2 aromatic rings. The van der Waals surface area contributed by atoms with Gasteiger partial charge >= 0.3 is 0 Å². The Hall–Kier alpha value is -1.66. The first-order valence-electron chi connectivity index (χ1n) is 5.10. The van der Waals surface area contributed by atoms with Crippen LogP contribution in [0.5, 0.6) is 5.75 Å². The molecule has 0 aliphatic heterocycles. The van der Waals surface area contributed by atoms with Crippen molar-refractivity contribution in [1.82, 2.24) is 0 Å². The molecule has 0 bridgehead atoms. The number of rotatable bonds is 4. The van der Waals surface area contributed by atoms with Gasteiger partial charge in [-0.15, -0.1) is 11.3 Å². The highest BCUT2D eigenvalue weighted by Gasteiger charge is 2.12. The third kappa shape index (κ3) is 2.96. The molecular formula is C12H11NO3S2. The van der Waals surface area contributed by atoms with Gasteiger partial charge in [-0.05, 0) is 29.1 Å². The van der Waals surface area contributed by atoms with E-state index in [-0.39, 0.29) is 4.21 Å². The summed E-state index contributed by atoms with van der Waals surface area (Å²) in [5.41, 5.74) is 0.675. The van der Waals surface area contributed by atoms with Crippen molar-refractivity contribution < 1.29 is 13.2 Å². The summed E-state index contributed by atoms with van der Waals surface area (Å²) in [5.74, 6) is 0.660. The van der Waals surface area contributed by atoms with E-state index in [2.05, 4.69) is 4.40 Å². The molecule has 4 nitrogen and oxygen atoms in total. The summed E-state index contributed by atoms with van der Waals surface area (Å²) >= 11 is 1.15. The maximum Gasteiger partial charge on any atom is 0.291 e. The Balaban J connectivity index is 2.25. The summed E-state index contributed by atoms with van der Waals surface area (Å²) in [6.45, 7) is 0. The first-order valence-corrected chi connectivity index (χ1v) is 7.42. The maximum atomic E-state index is 11.8. The molecule has 1 heterocycles. The molecule has 0 aliphatic carbocycles. The number of hydrogen-bond acceptors (Lipinski definition) is 4. The van der Waals surface area contributed by atoms with Crippen molar-refractivity contribution in [3.05, 3.63) is 47.3 Å². The van der Waals surface area contributed by atoms with Gasteiger partial charge in [-0.25, -0.2) is 0 Å². The maximum absolute atomic E-state index is 11.8. The van der Waals surface area contributed by atoms with Crippen molar-refractivity contribution >= 4 is 27.6 Å². The Kier molecular flexibility index (Phi) is 3.78. The minimum atomic E-state index is -3.59. The van der Waals surface area contributed by atoms with Crippen LogP contribution in [-0.4, -0.2) is 21.7 Å². The molecule has 0 saturated carbocycles. The van der Waals surface area contributed by atoms with Gasteiger partial charge in [0.25, 0.3) is 10.0 Å². The van der Waals surface area contributed by atoms with Crippen LogP contribution in [0.1, 0.15) is 5.56 Å². The highest BCUT2D eigenvalue weighted by molar-refractivity contribution is 7.92. The summed E-state index contributed by atoms with van der Waals surface area (Å²) in [7, 11) is -2.03. The number of methoxy groups -OCH3 is 1. The van der Waals surface area contributed by atoms with Crippen molar-refractivity contribution in [2.24, 2.45) is 4.40 Å². The van der Waals surface area contributed by atoms with Gasteiger partial charge < -0.3 is 4.74 Å². The Morgan fingerprint density at radius 1 is 1.28 bits per heavy atom. The quantitative estimate of drug-likeness (QED) is 0.809. The summed E-state index contributed by atoms with van der Waals surface area (Å²) in [5, 5.41) is 1.70. The molecule has 1 aromatic heterocycles. The summed E-state index contributed by atoms with van der Waals surface area (Å²) in [6, 6.07) is 10.2. The lowest BCUT2D eigenvalue weighted by atomic mass is 10.2. The van der Waals surface area contributed by atoms with Gasteiger partial charge in [-0.2, -0.15) is 12.8 Å². The second-order valence-corrected chi connectivity index (χ2v) is 6.23. The lowest BCUT2D eigenvalue weighted by Crippen LogP contribution is -1.95. The fourth-order valence-electron chi connectivity index (χ4n) is 1.31. The number of sulfonamides is 1. The molecule has 0 atom stereocenters. The van der Waals surface area contributed by atoms with E-state index in [1.54, 1.807) is 42.8 Å². The number of benzene rings is 1. The van der Waals surface area contributed by atoms with E-state index >= 15 is 0 Å². The van der Waals surface area contributed by atoms with Crippen LogP contribution < -0.4 is 4.74 Å². The van der Waals surface area contributed by atoms with Crippen LogP contribution in [-0.2, 0) is 10.0 Å². The number of hydrogen-bond donors (Lipinski definition) is 0. The van der Waals surface area contributed by atoms with Crippen LogP contribution in [0.4, 0.5) is 0 Å². The average molecular weight is 281 g/mol. The van der Waals surface area contributed by atoms with Gasteiger partial charge in [0.1, 0.15) is 9.96 Å². The zero-order chi connectivity index (χ0) is 13.0. The minimum Gasteiger partial charge on any atom is -0.497 e. The van der Waals surface area contributed by atoms with Crippen molar-refractivity contribution in [3.63, 3.8) is 0 Å². The smallest absolute Gasteiger partial charge is 0.291 e. The third-order valence-corrected chi connectivity index (χ3v) is 4.79. The van der Waals surface area contributed by atoms with E-state index in [1.807, 2.05) is 0 Å². The number of ether oxygens (including phenoxy) is 1. The van der Waals surface area contributed by atoms with Crippen LogP contribution in [0.15, 0.2) is 50.4 Å². The van der Waals surface area contributed by atoms with Gasteiger partial charge in [0.05, 0.1) is 7.11 Å². The van der Waals surface area contributed by atoms with Gasteiger partial charge in [0.15, 0.2) is 0 Å². The molecule has 0 saturated heterocycles. The van der Waals surface area contributed by atoms with Crippen molar-refractivity contribution in [1.29, 1.82) is 0 Å². The summed E-state index contributed by atoms with van der Waals surface area (Å²) in [6.07, 6.45) is 1.32. The van der Waals surface area contributed by atoms with Crippen molar-refractivity contribution in [3.8, 4) is 5.75 Å². The van der Waals surface area contributed by atoms with E-state index in [0.717, 1.165) is 11.3 Å². The van der Waals surface area contributed by atoms with Gasteiger partial charge in [-0.1, -0.05) is 18.2 Å². The molecule has 0 aliphatic rings. The molecule has 0 N–H and O–H groups in total. The van der Waals surface area contributed by atoms with Crippen molar-refractivity contribution in [2.45, 2.75) is 4.21 Å². The molecule has 0 radical (unpaired) electrons. The fourth-order valence-corrected chi connectivity index (χ4v) is 3.16. The molecule has 2 rings (SSSR count). The van der Waals surface area contributed by atoms with E-state index in [0.29, 0.717) is 11.3 Å². The monoisotopic (exact) mass is 281 g/mol. The molecule has 18 heavy (non-hydrogen) atoms. The Bertz CT molecular complexity index is 646. The van der Waals surface area contributed by atoms with Gasteiger partial charge in [-0.3, -0.25) is 0 Å². The molecule has 94 valence electrons. The SMILES string of the molecule is COc1cccc(/C=N\S(=O)(=O)c2cccs2)c1. The zero-order valence-corrected chi connectivity index (χ0v) is 11.2. The largest absolute Gasteiger partial charge is 0.497 e. The van der Waals surface area contributed by atoms with E-state index < -0.39 is 10.0 Å². The number of thiophene rings is 1. The molecular weight excluding hydrogens is 270 g/mol. The van der Waals surface area contributed by atoms with E-state index in [4.69, 9.17) is 4.74 Å². The lowest BCUT2D eigenvalue weighted by molar-refractivity contribution is 0.415. The molecule has 0 unspecified atom stereocenters. The Morgan fingerprint density at radius 3 is 2.78 bits per heavy atom. The highest BCUT2D eigenvalue weighted by atomic mass is 32.2. The topological polar surface area (TPSA) is 55.7 Å². The standard InChI is InChI=1S/C12H11NO3S2/c1-16-11-5-2-4-10(8-11)9-13-18(14,15)12-6-3-7-17-12/h2-9H,1H3/b13-9-. The normalized spacial score (nSPS) is 11.8. The Morgan fingerprint density at radius 2 is 2.11 bits per heavy atom. The van der Waals surface area contributed by atoms with Crippen LogP contribution in [0.2, 0.25) is 0 Å². The van der Waals surface area contributed by atoms with Crippen LogP contribution in [0.25, 0.3) is 0 Å². The average Bonchev–Trinajstić information content (AvgIpc) is 2.91. The van der Waals surface area contributed by atoms with E-state index in [1.165, 1.54) is 12.3 Å². The summed E-state index contributed by atoms with van der Waals surface area (Å²) in [4.78, 5) is 0. The fraction of sp³-hybridized carbons (Fsp3) is 0.0833. The molecule has 0 spiro atoms. The van der Waals surface area contributed by atoms with E-state index in [9.17, 15) is 8.42 Å². The molecule has 6 heteroatoms. The Labute approximate surface area is 110 Å². The molecule has 1 aromatic carbocycles. The molecule has 0 amide bonds. The second-order valence-electron chi connectivity index (χ2n) is 3.42. The van der Waals surface area contributed by atoms with Crippen LogP contribution in [0.3, 0.4) is 0 Å². The predicted molar refractivity (Wildman–Crippen MR) is 72.1 cm³/mol. The predicted octanol–water partition coefficient (Wildman–Crippen LogP) is 2.56. The first-order chi connectivity index (χ1) is 8.62. The molecule has 0 fully saturated rings.